The second kappa shape index (κ2) is 4.20. The third-order valence-corrected chi connectivity index (χ3v) is 3.22. The summed E-state index contributed by atoms with van der Waals surface area (Å²) < 4.78 is 0. The Morgan fingerprint density at radius 2 is 2.12 bits per heavy atom. The van der Waals surface area contributed by atoms with Gasteiger partial charge in [-0.2, -0.15) is 5.10 Å². The number of likely N-dealkylation sites (N-methyl/N-ethyl adjacent to an activating group) is 1. The molecule has 0 unspecified atom stereocenters. The van der Waals surface area contributed by atoms with E-state index in [9.17, 15) is 4.79 Å². The Morgan fingerprint density at radius 1 is 1.41 bits per heavy atom. The molecule has 1 amide bonds. The van der Waals surface area contributed by atoms with Crippen LogP contribution in [0.2, 0.25) is 0 Å². The number of rotatable bonds is 3. The number of anilines is 1. The molecule has 4 heteroatoms. The van der Waals surface area contributed by atoms with Crippen LogP contribution in [0.15, 0.2) is 29.4 Å². The molecule has 1 heterocycles. The maximum Gasteiger partial charge on any atom is 0.227 e. The predicted octanol–water partition coefficient (Wildman–Crippen LogP) is 1.86. The number of fused-ring (bicyclic) bond motifs is 1. The van der Waals surface area contributed by atoms with Gasteiger partial charge in [-0.25, -0.2) is 5.43 Å². The highest BCUT2D eigenvalue weighted by atomic mass is 16.1. The molecule has 0 fully saturated rings. The Morgan fingerprint density at radius 3 is 2.76 bits per heavy atom. The average molecular weight is 231 g/mol. The molecule has 0 aromatic heterocycles. The Hall–Kier alpha value is -1.84. The molecule has 0 spiro atoms. The predicted molar refractivity (Wildman–Crippen MR) is 69.1 cm³/mol. The quantitative estimate of drug-likeness (QED) is 0.637. The van der Waals surface area contributed by atoms with Crippen LogP contribution in [0.25, 0.3) is 0 Å². The lowest BCUT2D eigenvalue weighted by Gasteiger charge is -2.23. The Labute approximate surface area is 101 Å². The number of benzene rings is 1. The van der Waals surface area contributed by atoms with E-state index in [1.54, 1.807) is 0 Å². The Bertz CT molecular complexity index is 465. The molecule has 0 saturated heterocycles. The zero-order valence-electron chi connectivity index (χ0n) is 10.4. The first-order valence-electron chi connectivity index (χ1n) is 5.77. The number of nitrogens with one attached hydrogen (secondary N) is 1. The number of hydrogen-bond donors (Lipinski definition) is 1. The molecule has 1 aromatic rings. The number of para-hydroxylation sites is 1. The summed E-state index contributed by atoms with van der Waals surface area (Å²) in [7, 11) is 0. The van der Waals surface area contributed by atoms with Crippen LogP contribution in [0.5, 0.6) is 0 Å². The topological polar surface area (TPSA) is 44.7 Å². The van der Waals surface area contributed by atoms with E-state index in [1.165, 1.54) is 11.3 Å². The second-order valence-electron chi connectivity index (χ2n) is 4.57. The van der Waals surface area contributed by atoms with Crippen molar-refractivity contribution in [2.24, 2.45) is 5.10 Å². The zero-order valence-corrected chi connectivity index (χ0v) is 10.4. The number of nitrogens with zero attached hydrogens (tertiary/aromatic N) is 2. The monoisotopic (exact) mass is 231 g/mol. The van der Waals surface area contributed by atoms with Gasteiger partial charge in [0.1, 0.15) is 5.84 Å². The first kappa shape index (κ1) is 11.6. The summed E-state index contributed by atoms with van der Waals surface area (Å²) in [5.74, 6) is 0.883. The number of carbonyl (C=O) groups is 1. The second-order valence-corrected chi connectivity index (χ2v) is 4.57. The third kappa shape index (κ3) is 1.69. The molecule has 0 radical (unpaired) electrons. The minimum Gasteiger partial charge on any atom is -0.328 e. The third-order valence-electron chi connectivity index (χ3n) is 3.22. The summed E-state index contributed by atoms with van der Waals surface area (Å²) in [5.41, 5.74) is 4.65. The summed E-state index contributed by atoms with van der Waals surface area (Å²) in [6.45, 7) is 7.15. The van der Waals surface area contributed by atoms with E-state index in [0.717, 1.165) is 12.4 Å². The molecule has 17 heavy (non-hydrogen) atoms. The van der Waals surface area contributed by atoms with Crippen LogP contribution in [-0.2, 0) is 10.2 Å². The summed E-state index contributed by atoms with van der Waals surface area (Å²) in [6.07, 6.45) is 0.597. The van der Waals surface area contributed by atoms with Crippen LogP contribution in [0, 0.1) is 0 Å². The van der Waals surface area contributed by atoms with Crippen LogP contribution in [0.4, 0.5) is 5.69 Å². The highest BCUT2D eigenvalue weighted by Gasteiger charge is 2.41. The van der Waals surface area contributed by atoms with E-state index in [1.807, 2.05) is 12.1 Å². The van der Waals surface area contributed by atoms with Crippen molar-refractivity contribution in [2.75, 3.05) is 11.4 Å². The molecule has 2 rings (SSSR count). The van der Waals surface area contributed by atoms with Crippen LogP contribution in [-0.4, -0.2) is 18.8 Å². The minimum absolute atomic E-state index is 0.178. The van der Waals surface area contributed by atoms with Gasteiger partial charge in [-0.15, -0.1) is 0 Å². The van der Waals surface area contributed by atoms with Gasteiger partial charge in [0.2, 0.25) is 6.41 Å². The molecule has 1 aliphatic heterocycles. The molecule has 1 N–H and O–H groups in total. The number of carbonyl (C=O) groups excluding carboxylic acids is 1. The van der Waals surface area contributed by atoms with Crippen molar-refractivity contribution in [1.29, 1.82) is 0 Å². The Kier molecular flexibility index (Phi) is 2.88. The van der Waals surface area contributed by atoms with Crippen molar-refractivity contribution in [3.63, 3.8) is 0 Å². The van der Waals surface area contributed by atoms with Gasteiger partial charge in [0.05, 0.1) is 5.41 Å². The lowest BCUT2D eigenvalue weighted by atomic mass is 9.86. The summed E-state index contributed by atoms with van der Waals surface area (Å²) in [6, 6.07) is 8.25. The maximum absolute atomic E-state index is 10.4. The molecule has 0 aliphatic carbocycles. The van der Waals surface area contributed by atoms with Crippen LogP contribution >= 0.6 is 0 Å². The number of hydrogen-bond acceptors (Lipinski definition) is 2. The molecule has 1 aliphatic rings. The molecular formula is C13H17N3O. The van der Waals surface area contributed by atoms with Gasteiger partial charge >= 0.3 is 0 Å². The van der Waals surface area contributed by atoms with Gasteiger partial charge in [-0.1, -0.05) is 18.2 Å². The fraction of sp³-hybridized carbons (Fsp3) is 0.385. The first-order chi connectivity index (χ1) is 8.12. The van der Waals surface area contributed by atoms with Crippen molar-refractivity contribution < 1.29 is 4.79 Å². The molecule has 0 saturated carbocycles. The number of hydrazone groups is 1. The van der Waals surface area contributed by atoms with E-state index in [-0.39, 0.29) is 5.41 Å². The summed E-state index contributed by atoms with van der Waals surface area (Å²) in [5, 5.41) is 4.19. The minimum atomic E-state index is -0.178. The van der Waals surface area contributed by atoms with Crippen molar-refractivity contribution in [3.8, 4) is 0 Å². The van der Waals surface area contributed by atoms with E-state index >= 15 is 0 Å². The lowest BCUT2D eigenvalue weighted by molar-refractivity contribution is -0.109. The van der Waals surface area contributed by atoms with Gasteiger partial charge in [0, 0.05) is 12.2 Å². The first-order valence-corrected chi connectivity index (χ1v) is 5.77. The molecular weight excluding hydrogens is 214 g/mol. The van der Waals surface area contributed by atoms with Gasteiger partial charge in [0.15, 0.2) is 0 Å². The highest BCUT2D eigenvalue weighted by molar-refractivity contribution is 6.11. The largest absolute Gasteiger partial charge is 0.328 e. The number of amides is 1. The van der Waals surface area contributed by atoms with E-state index < -0.39 is 0 Å². The van der Waals surface area contributed by atoms with Gasteiger partial charge in [0.25, 0.3) is 0 Å². The van der Waals surface area contributed by atoms with Gasteiger partial charge in [-0.05, 0) is 32.4 Å². The van der Waals surface area contributed by atoms with E-state index in [4.69, 9.17) is 0 Å². The summed E-state index contributed by atoms with van der Waals surface area (Å²) in [4.78, 5) is 12.5. The van der Waals surface area contributed by atoms with E-state index in [0.29, 0.717) is 6.41 Å². The zero-order chi connectivity index (χ0) is 12.5. The average Bonchev–Trinajstić information content (AvgIpc) is 2.55. The van der Waals surface area contributed by atoms with Crippen molar-refractivity contribution in [3.05, 3.63) is 29.8 Å². The van der Waals surface area contributed by atoms with E-state index in [2.05, 4.69) is 48.3 Å². The normalized spacial score (nSPS) is 19.2. The molecule has 1 aromatic carbocycles. The van der Waals surface area contributed by atoms with Crippen molar-refractivity contribution in [1.82, 2.24) is 5.43 Å². The molecule has 90 valence electrons. The van der Waals surface area contributed by atoms with Crippen molar-refractivity contribution in [2.45, 2.75) is 26.2 Å². The van der Waals surface area contributed by atoms with Gasteiger partial charge in [-0.3, -0.25) is 4.79 Å². The fourth-order valence-corrected chi connectivity index (χ4v) is 2.42. The number of amidine groups is 1. The molecule has 4 nitrogen and oxygen atoms in total. The maximum atomic E-state index is 10.4. The Balaban J connectivity index is 2.54. The molecule has 0 bridgehead atoms. The standard InChI is InChI=1S/C13H17N3O/c1-4-16-11-8-6-5-7-10(11)13(2,3)12(16)15-14-9-17/h5-9H,4H2,1-3H3,(H,14,17)/b15-12+. The smallest absolute Gasteiger partial charge is 0.227 e. The SMILES string of the molecule is CCN1/C(=N/NC=O)C(C)(C)c2ccccc21. The van der Waals surface area contributed by atoms with Crippen molar-refractivity contribution >= 4 is 17.9 Å². The fourth-order valence-electron chi connectivity index (χ4n) is 2.42. The summed E-state index contributed by atoms with van der Waals surface area (Å²) >= 11 is 0. The highest BCUT2D eigenvalue weighted by Crippen LogP contribution is 2.41. The molecule has 0 atom stereocenters. The van der Waals surface area contributed by atoms with Crippen LogP contribution < -0.4 is 10.3 Å². The lowest BCUT2D eigenvalue weighted by Crippen LogP contribution is -2.37. The van der Waals surface area contributed by atoms with Crippen LogP contribution in [0.3, 0.4) is 0 Å². The van der Waals surface area contributed by atoms with Gasteiger partial charge < -0.3 is 4.90 Å². The van der Waals surface area contributed by atoms with Crippen LogP contribution in [0.1, 0.15) is 26.3 Å².